The Kier molecular flexibility index (Phi) is 3.53. The predicted molar refractivity (Wildman–Crippen MR) is 97.7 cm³/mol. The number of hydrogen-bond acceptors (Lipinski definition) is 4. The van der Waals surface area contributed by atoms with E-state index in [1.807, 2.05) is 12.1 Å². The second kappa shape index (κ2) is 5.92. The van der Waals surface area contributed by atoms with Gasteiger partial charge in [-0.25, -0.2) is 14.4 Å². The van der Waals surface area contributed by atoms with Crippen LogP contribution in [0.5, 0.6) is 0 Å². The number of aromatic nitrogens is 3. The van der Waals surface area contributed by atoms with Gasteiger partial charge >= 0.3 is 0 Å². The van der Waals surface area contributed by atoms with Gasteiger partial charge in [-0.1, -0.05) is 0 Å². The van der Waals surface area contributed by atoms with Crippen LogP contribution in [0.2, 0.25) is 0 Å². The van der Waals surface area contributed by atoms with E-state index < -0.39 is 0 Å². The Labute approximate surface area is 150 Å². The monoisotopic (exact) mass is 350 g/mol. The van der Waals surface area contributed by atoms with Crippen LogP contribution in [0, 0.1) is 5.82 Å². The van der Waals surface area contributed by atoms with Gasteiger partial charge in [-0.2, -0.15) is 0 Å². The van der Waals surface area contributed by atoms with Crippen LogP contribution in [0.15, 0.2) is 36.5 Å². The standard InChI is InChI=1S/C20H19FN4O/c21-12-5-8-14-16(10-12)23-20-15(2-1-9-22-20)18-17(14)24-19(25-18)11-3-6-13(26)7-4-11/h1-2,5,8-11,13,26H,3-4,6-7H2,(H,22,23)(H,24,25). The number of aliphatic hydroxyl groups excluding tert-OH is 1. The number of pyridine rings is 1. The quantitative estimate of drug-likeness (QED) is 0.477. The molecule has 3 N–H and O–H groups in total. The molecule has 3 aromatic rings. The molecule has 6 heteroatoms. The second-order valence-corrected chi connectivity index (χ2v) is 7.07. The number of nitrogens with one attached hydrogen (secondary N) is 2. The van der Waals surface area contributed by atoms with Crippen molar-refractivity contribution in [2.45, 2.75) is 37.7 Å². The summed E-state index contributed by atoms with van der Waals surface area (Å²) in [6.45, 7) is 0. The number of H-pyrrole nitrogens is 1. The zero-order chi connectivity index (χ0) is 17.7. The van der Waals surface area contributed by atoms with Crippen molar-refractivity contribution in [1.82, 2.24) is 15.0 Å². The molecule has 5 rings (SSSR count). The molecule has 1 fully saturated rings. The van der Waals surface area contributed by atoms with Crippen LogP contribution in [0.1, 0.15) is 37.4 Å². The number of fused-ring (bicyclic) bond motifs is 5. The Morgan fingerprint density at radius 1 is 1.08 bits per heavy atom. The summed E-state index contributed by atoms with van der Waals surface area (Å²) < 4.78 is 13.8. The summed E-state index contributed by atoms with van der Waals surface area (Å²) in [6, 6.07) is 8.58. The average Bonchev–Trinajstić information content (AvgIpc) is 3.03. The number of halogens is 1. The van der Waals surface area contributed by atoms with E-state index in [-0.39, 0.29) is 11.9 Å². The Balaban J connectivity index is 1.68. The molecule has 1 saturated carbocycles. The van der Waals surface area contributed by atoms with Gasteiger partial charge in [0.25, 0.3) is 0 Å². The third-order valence-corrected chi connectivity index (χ3v) is 5.37. The largest absolute Gasteiger partial charge is 0.393 e. The minimum Gasteiger partial charge on any atom is -0.393 e. The fourth-order valence-corrected chi connectivity index (χ4v) is 3.99. The summed E-state index contributed by atoms with van der Waals surface area (Å²) in [4.78, 5) is 12.8. The van der Waals surface area contributed by atoms with Crippen molar-refractivity contribution in [3.8, 4) is 22.5 Å². The van der Waals surface area contributed by atoms with Gasteiger partial charge in [-0.05, 0) is 56.0 Å². The second-order valence-electron chi connectivity index (χ2n) is 7.07. The highest BCUT2D eigenvalue weighted by atomic mass is 19.1. The molecular weight excluding hydrogens is 331 g/mol. The molecule has 0 spiro atoms. The van der Waals surface area contributed by atoms with E-state index in [9.17, 15) is 9.50 Å². The van der Waals surface area contributed by atoms with Crippen molar-refractivity contribution in [3.05, 3.63) is 48.2 Å². The molecule has 5 nitrogen and oxygen atoms in total. The summed E-state index contributed by atoms with van der Waals surface area (Å²) >= 11 is 0. The van der Waals surface area contributed by atoms with Crippen LogP contribution in [0.3, 0.4) is 0 Å². The maximum atomic E-state index is 13.8. The fraction of sp³-hybridized carbons (Fsp3) is 0.300. The number of benzene rings is 1. The Bertz CT molecular complexity index is 976. The first kappa shape index (κ1) is 15.5. The van der Waals surface area contributed by atoms with Crippen LogP contribution in [-0.4, -0.2) is 26.2 Å². The number of rotatable bonds is 1. The summed E-state index contributed by atoms with van der Waals surface area (Å²) in [5, 5.41) is 13.0. The van der Waals surface area contributed by atoms with Gasteiger partial charge in [-0.3, -0.25) is 0 Å². The van der Waals surface area contributed by atoms with Crippen LogP contribution in [-0.2, 0) is 0 Å². The van der Waals surface area contributed by atoms with Gasteiger partial charge in [-0.15, -0.1) is 0 Å². The molecule has 0 unspecified atom stereocenters. The molecule has 0 saturated heterocycles. The van der Waals surface area contributed by atoms with Crippen molar-refractivity contribution in [3.63, 3.8) is 0 Å². The van der Waals surface area contributed by atoms with Gasteiger partial charge in [0, 0.05) is 23.2 Å². The van der Waals surface area contributed by atoms with Crippen molar-refractivity contribution in [1.29, 1.82) is 0 Å². The lowest BCUT2D eigenvalue weighted by molar-refractivity contribution is 0.121. The Morgan fingerprint density at radius 2 is 1.92 bits per heavy atom. The van der Waals surface area contributed by atoms with Crippen molar-refractivity contribution in [2.24, 2.45) is 0 Å². The summed E-state index contributed by atoms with van der Waals surface area (Å²) in [5.74, 6) is 1.63. The van der Waals surface area contributed by atoms with Crippen LogP contribution < -0.4 is 5.32 Å². The van der Waals surface area contributed by atoms with E-state index >= 15 is 0 Å². The average molecular weight is 350 g/mol. The zero-order valence-corrected chi connectivity index (χ0v) is 14.2. The summed E-state index contributed by atoms with van der Waals surface area (Å²) in [7, 11) is 0. The van der Waals surface area contributed by atoms with Gasteiger partial charge in [0.2, 0.25) is 0 Å². The molecule has 1 aliphatic carbocycles. The molecule has 26 heavy (non-hydrogen) atoms. The highest BCUT2D eigenvalue weighted by Gasteiger charge is 2.28. The Hall–Kier alpha value is -2.73. The van der Waals surface area contributed by atoms with Gasteiger partial charge < -0.3 is 15.4 Å². The number of hydrogen-bond donors (Lipinski definition) is 3. The molecule has 0 atom stereocenters. The molecule has 0 bridgehead atoms. The van der Waals surface area contributed by atoms with Crippen LogP contribution >= 0.6 is 0 Å². The van der Waals surface area contributed by atoms with E-state index in [0.717, 1.165) is 54.0 Å². The van der Waals surface area contributed by atoms with E-state index in [2.05, 4.69) is 15.3 Å². The number of anilines is 2. The van der Waals surface area contributed by atoms with Gasteiger partial charge in [0.1, 0.15) is 23.2 Å². The molecule has 0 amide bonds. The first-order chi connectivity index (χ1) is 12.7. The Morgan fingerprint density at radius 3 is 2.77 bits per heavy atom. The maximum Gasteiger partial charge on any atom is 0.139 e. The normalized spacial score (nSPS) is 21.2. The third-order valence-electron chi connectivity index (χ3n) is 5.37. The highest BCUT2D eigenvalue weighted by Crippen LogP contribution is 2.44. The van der Waals surface area contributed by atoms with Crippen molar-refractivity contribution < 1.29 is 9.50 Å². The number of nitrogens with zero attached hydrogens (tertiary/aromatic N) is 2. The van der Waals surface area contributed by atoms with Crippen molar-refractivity contribution >= 4 is 11.5 Å². The minimum absolute atomic E-state index is 0.197. The van der Waals surface area contributed by atoms with E-state index in [1.165, 1.54) is 12.1 Å². The van der Waals surface area contributed by atoms with Gasteiger partial charge in [0.15, 0.2) is 0 Å². The van der Waals surface area contributed by atoms with Crippen LogP contribution in [0.25, 0.3) is 22.5 Å². The topological polar surface area (TPSA) is 73.8 Å². The molecule has 1 aliphatic heterocycles. The molecule has 132 valence electrons. The lowest BCUT2D eigenvalue weighted by Crippen LogP contribution is -2.17. The van der Waals surface area contributed by atoms with Gasteiger partial charge in [0.05, 0.1) is 17.5 Å². The molecule has 1 aromatic carbocycles. The number of imidazole rings is 1. The molecule has 0 radical (unpaired) electrons. The SMILES string of the molecule is OC1CCC(c2nc3c([nH]2)-c2ccc(F)cc2Nc2ncccc2-3)CC1. The first-order valence-corrected chi connectivity index (χ1v) is 8.99. The first-order valence-electron chi connectivity index (χ1n) is 8.99. The molecular formula is C20H19FN4O. The lowest BCUT2D eigenvalue weighted by atomic mass is 9.87. The van der Waals surface area contributed by atoms with Crippen molar-refractivity contribution in [2.75, 3.05) is 5.32 Å². The van der Waals surface area contributed by atoms with E-state index in [4.69, 9.17) is 4.98 Å². The van der Waals surface area contributed by atoms with E-state index in [0.29, 0.717) is 17.4 Å². The highest BCUT2D eigenvalue weighted by molar-refractivity contribution is 5.94. The minimum atomic E-state index is -0.293. The molecule has 2 aromatic heterocycles. The number of aliphatic hydroxyl groups is 1. The lowest BCUT2D eigenvalue weighted by Gasteiger charge is -2.23. The maximum absolute atomic E-state index is 13.8. The predicted octanol–water partition coefficient (Wildman–Crippen LogP) is 4.35. The smallest absolute Gasteiger partial charge is 0.139 e. The zero-order valence-electron chi connectivity index (χ0n) is 14.2. The molecule has 3 heterocycles. The number of aromatic amines is 1. The van der Waals surface area contributed by atoms with Crippen LogP contribution in [0.4, 0.5) is 15.9 Å². The van der Waals surface area contributed by atoms with E-state index in [1.54, 1.807) is 12.3 Å². The molecule has 2 aliphatic rings. The summed E-state index contributed by atoms with van der Waals surface area (Å²) in [6.07, 6.45) is 4.96. The third kappa shape index (κ3) is 2.49. The fourth-order valence-electron chi connectivity index (χ4n) is 3.99. The summed E-state index contributed by atoms with van der Waals surface area (Å²) in [5.41, 5.74) is 4.19.